The molecule has 18 heavy (non-hydrogen) atoms. The second-order valence-corrected chi connectivity index (χ2v) is 5.08. The molecule has 3 N–H and O–H groups in total. The van der Waals surface area contributed by atoms with Gasteiger partial charge in [0.25, 0.3) is 0 Å². The van der Waals surface area contributed by atoms with Gasteiger partial charge in [0.05, 0.1) is 12.2 Å². The van der Waals surface area contributed by atoms with Gasteiger partial charge in [-0.1, -0.05) is 6.92 Å². The highest BCUT2D eigenvalue weighted by molar-refractivity contribution is 5.84. The van der Waals surface area contributed by atoms with E-state index in [1.807, 2.05) is 32.4 Å². The molecule has 102 valence electrons. The van der Waals surface area contributed by atoms with E-state index in [-0.39, 0.29) is 5.91 Å². The molecule has 5 heteroatoms. The van der Waals surface area contributed by atoms with Gasteiger partial charge in [0, 0.05) is 5.69 Å². The van der Waals surface area contributed by atoms with Gasteiger partial charge in [0.2, 0.25) is 5.91 Å². The largest absolute Gasteiger partial charge is 0.368 e. The van der Waals surface area contributed by atoms with Gasteiger partial charge < -0.3 is 11.1 Å². The lowest BCUT2D eigenvalue weighted by atomic mass is 10.0. The lowest BCUT2D eigenvalue weighted by molar-refractivity contribution is -0.124. The third-order valence-electron chi connectivity index (χ3n) is 3.52. The van der Waals surface area contributed by atoms with E-state index in [0.717, 1.165) is 29.9 Å². The zero-order valence-corrected chi connectivity index (χ0v) is 12.0. The van der Waals surface area contributed by atoms with Crippen molar-refractivity contribution in [1.82, 2.24) is 15.1 Å². The van der Waals surface area contributed by atoms with Gasteiger partial charge in [-0.15, -0.1) is 0 Å². The number of carbonyl (C=O) groups is 1. The number of carbonyl (C=O) groups excluding carboxylic acids is 1. The molecule has 0 aliphatic heterocycles. The monoisotopic (exact) mass is 252 g/mol. The van der Waals surface area contributed by atoms with Crippen LogP contribution < -0.4 is 11.1 Å². The fraction of sp³-hybridized carbons (Fsp3) is 0.692. The van der Waals surface area contributed by atoms with Crippen LogP contribution in [0.3, 0.4) is 0 Å². The van der Waals surface area contributed by atoms with Crippen molar-refractivity contribution in [2.45, 2.75) is 53.1 Å². The summed E-state index contributed by atoms with van der Waals surface area (Å²) in [4.78, 5) is 11.7. The first-order valence-corrected chi connectivity index (χ1v) is 6.37. The fourth-order valence-electron chi connectivity index (χ4n) is 1.86. The Balaban J connectivity index is 2.96. The van der Waals surface area contributed by atoms with Crippen LogP contribution >= 0.6 is 0 Å². The molecule has 1 rings (SSSR count). The van der Waals surface area contributed by atoms with Gasteiger partial charge in [-0.25, -0.2) is 0 Å². The Morgan fingerprint density at radius 2 is 2.06 bits per heavy atom. The molecule has 0 fully saturated rings. The number of nitrogens with one attached hydrogen (secondary N) is 1. The van der Waals surface area contributed by atoms with E-state index in [1.165, 1.54) is 0 Å². The van der Waals surface area contributed by atoms with E-state index in [9.17, 15) is 4.79 Å². The van der Waals surface area contributed by atoms with E-state index < -0.39 is 5.54 Å². The quantitative estimate of drug-likeness (QED) is 0.795. The molecule has 0 aromatic carbocycles. The van der Waals surface area contributed by atoms with Gasteiger partial charge >= 0.3 is 0 Å². The highest BCUT2D eigenvalue weighted by atomic mass is 16.1. The van der Waals surface area contributed by atoms with Crippen molar-refractivity contribution >= 4 is 5.91 Å². The van der Waals surface area contributed by atoms with Gasteiger partial charge in [-0.3, -0.25) is 9.48 Å². The average Bonchev–Trinajstić information content (AvgIpc) is 2.54. The van der Waals surface area contributed by atoms with Crippen LogP contribution in [0.25, 0.3) is 0 Å². The first kappa shape index (κ1) is 14.7. The summed E-state index contributed by atoms with van der Waals surface area (Å²) in [6, 6.07) is 0. The number of aryl methyl sites for hydroxylation is 1. The summed E-state index contributed by atoms with van der Waals surface area (Å²) in [5.74, 6) is -0.346. The van der Waals surface area contributed by atoms with E-state index in [2.05, 4.69) is 17.3 Å². The van der Waals surface area contributed by atoms with Crippen molar-refractivity contribution in [1.29, 1.82) is 0 Å². The summed E-state index contributed by atoms with van der Waals surface area (Å²) in [5, 5.41) is 7.67. The number of hydrogen-bond acceptors (Lipinski definition) is 3. The van der Waals surface area contributed by atoms with Gasteiger partial charge in [0.1, 0.15) is 5.54 Å². The fourth-order valence-corrected chi connectivity index (χ4v) is 1.86. The maximum atomic E-state index is 11.7. The Bertz CT molecular complexity index is 438. The van der Waals surface area contributed by atoms with Crippen molar-refractivity contribution in [2.75, 3.05) is 6.54 Å². The third-order valence-corrected chi connectivity index (χ3v) is 3.52. The molecule has 0 aliphatic rings. The van der Waals surface area contributed by atoms with Crippen molar-refractivity contribution in [3.8, 4) is 0 Å². The molecule has 1 atom stereocenters. The number of primary amides is 1. The lowest BCUT2D eigenvalue weighted by Gasteiger charge is -2.28. The van der Waals surface area contributed by atoms with Crippen LogP contribution in [0.2, 0.25) is 0 Å². The molecule has 1 aromatic rings. The van der Waals surface area contributed by atoms with Crippen LogP contribution in [0.15, 0.2) is 0 Å². The number of rotatable bonds is 6. The molecule has 0 saturated heterocycles. The molecular weight excluding hydrogens is 228 g/mol. The Hall–Kier alpha value is -1.36. The highest BCUT2D eigenvalue weighted by Gasteiger charge is 2.31. The maximum absolute atomic E-state index is 11.7. The highest BCUT2D eigenvalue weighted by Crippen LogP contribution is 2.15. The molecule has 5 nitrogen and oxygen atoms in total. The summed E-state index contributed by atoms with van der Waals surface area (Å²) in [6.45, 7) is 11.1. The average molecular weight is 252 g/mol. The van der Waals surface area contributed by atoms with Gasteiger partial charge in [0.15, 0.2) is 0 Å². The predicted molar refractivity (Wildman–Crippen MR) is 72.3 cm³/mol. The van der Waals surface area contributed by atoms with Gasteiger partial charge in [-0.2, -0.15) is 5.10 Å². The van der Waals surface area contributed by atoms with Gasteiger partial charge in [-0.05, 0) is 46.2 Å². The molecule has 0 spiro atoms. The molecule has 0 bridgehead atoms. The Labute approximate surface area is 109 Å². The number of nitrogens with two attached hydrogens (primary N) is 1. The van der Waals surface area contributed by atoms with Crippen molar-refractivity contribution in [2.24, 2.45) is 5.73 Å². The number of amides is 1. The van der Waals surface area contributed by atoms with E-state index in [1.54, 1.807) is 0 Å². The standard InChI is InChI=1S/C13H24N4O/c1-6-7-15-13(5,12(14)18)8-17-11(4)9(2)10(3)16-17/h15H,6-8H2,1-5H3,(H2,14,18). The minimum atomic E-state index is -0.758. The summed E-state index contributed by atoms with van der Waals surface area (Å²) in [5.41, 5.74) is 7.99. The van der Waals surface area contributed by atoms with Crippen molar-refractivity contribution in [3.05, 3.63) is 17.0 Å². The van der Waals surface area contributed by atoms with Crippen molar-refractivity contribution < 1.29 is 4.79 Å². The Morgan fingerprint density at radius 1 is 1.44 bits per heavy atom. The molecule has 0 radical (unpaired) electrons. The van der Waals surface area contributed by atoms with Crippen LogP contribution in [0, 0.1) is 20.8 Å². The second kappa shape index (κ2) is 5.52. The Morgan fingerprint density at radius 3 is 2.44 bits per heavy atom. The predicted octanol–water partition coefficient (Wildman–Crippen LogP) is 1.05. The molecule has 1 heterocycles. The Kier molecular flexibility index (Phi) is 4.51. The first-order chi connectivity index (χ1) is 8.31. The minimum absolute atomic E-state index is 0.346. The SMILES string of the molecule is CCCNC(C)(Cn1nc(C)c(C)c1C)C(N)=O. The minimum Gasteiger partial charge on any atom is -0.368 e. The first-order valence-electron chi connectivity index (χ1n) is 6.37. The van der Waals surface area contributed by atoms with E-state index >= 15 is 0 Å². The van der Waals surface area contributed by atoms with Crippen LogP contribution in [0.1, 0.15) is 37.2 Å². The number of hydrogen-bond donors (Lipinski definition) is 2. The molecule has 0 aliphatic carbocycles. The molecule has 1 amide bonds. The summed E-state index contributed by atoms with van der Waals surface area (Å²) >= 11 is 0. The maximum Gasteiger partial charge on any atom is 0.239 e. The zero-order chi connectivity index (χ0) is 13.9. The molecular formula is C13H24N4O. The smallest absolute Gasteiger partial charge is 0.239 e. The molecule has 0 saturated carbocycles. The van der Waals surface area contributed by atoms with Crippen LogP contribution in [0.5, 0.6) is 0 Å². The lowest BCUT2D eigenvalue weighted by Crippen LogP contribution is -2.56. The summed E-state index contributed by atoms with van der Waals surface area (Å²) in [6.07, 6.45) is 0.957. The summed E-state index contributed by atoms with van der Waals surface area (Å²) in [7, 11) is 0. The van der Waals surface area contributed by atoms with E-state index in [0.29, 0.717) is 6.54 Å². The van der Waals surface area contributed by atoms with Crippen LogP contribution in [0.4, 0.5) is 0 Å². The van der Waals surface area contributed by atoms with E-state index in [4.69, 9.17) is 5.73 Å². The molecule has 1 aromatic heterocycles. The second-order valence-electron chi connectivity index (χ2n) is 5.08. The molecule has 1 unspecified atom stereocenters. The van der Waals surface area contributed by atoms with Crippen molar-refractivity contribution in [3.63, 3.8) is 0 Å². The van der Waals surface area contributed by atoms with Crippen LogP contribution in [-0.4, -0.2) is 27.8 Å². The summed E-state index contributed by atoms with van der Waals surface area (Å²) < 4.78 is 1.86. The normalized spacial score (nSPS) is 14.5. The van der Waals surface area contributed by atoms with Crippen LogP contribution in [-0.2, 0) is 11.3 Å². The topological polar surface area (TPSA) is 72.9 Å². The number of aromatic nitrogens is 2. The zero-order valence-electron chi connectivity index (χ0n) is 12.0. The third kappa shape index (κ3) is 2.90. The number of nitrogens with zero attached hydrogens (tertiary/aromatic N) is 2.